The Hall–Kier alpha value is -2.18. The predicted octanol–water partition coefficient (Wildman–Crippen LogP) is 4.96. The molecule has 3 aromatic rings. The van der Waals surface area contributed by atoms with E-state index in [2.05, 4.69) is 29.4 Å². The Morgan fingerprint density at radius 2 is 1.88 bits per heavy atom. The van der Waals surface area contributed by atoms with Crippen LogP contribution in [0.5, 0.6) is 0 Å². The van der Waals surface area contributed by atoms with E-state index in [0.29, 0.717) is 11.7 Å². The molecule has 0 spiro atoms. The number of hydrogen-bond acceptors (Lipinski definition) is 5. The Morgan fingerprint density at radius 1 is 1.15 bits per heavy atom. The van der Waals surface area contributed by atoms with Crippen molar-refractivity contribution in [3.63, 3.8) is 0 Å². The van der Waals surface area contributed by atoms with Crippen LogP contribution in [0.1, 0.15) is 25.8 Å². The van der Waals surface area contributed by atoms with Crippen molar-refractivity contribution in [1.29, 1.82) is 0 Å². The summed E-state index contributed by atoms with van der Waals surface area (Å²) in [6.45, 7) is 4.28. The van der Waals surface area contributed by atoms with Gasteiger partial charge in [-0.3, -0.25) is 4.79 Å². The van der Waals surface area contributed by atoms with Gasteiger partial charge in [-0.1, -0.05) is 68.1 Å². The Balaban J connectivity index is 1.61. The first-order valence-corrected chi connectivity index (χ1v) is 10.3. The third kappa shape index (κ3) is 5.16. The molecule has 3 rings (SSSR count). The van der Waals surface area contributed by atoms with Crippen LogP contribution >= 0.6 is 23.1 Å². The molecule has 1 N–H and O–H groups in total. The molecule has 1 aromatic heterocycles. The molecule has 1 amide bonds. The highest BCUT2D eigenvalue weighted by Gasteiger charge is 2.09. The fraction of sp³-hybridized carbons (Fsp3) is 0.250. The molecule has 0 saturated carbocycles. The second-order valence-electron chi connectivity index (χ2n) is 6.29. The van der Waals surface area contributed by atoms with E-state index in [1.807, 2.05) is 54.6 Å². The number of hydrazone groups is 1. The molecular weight excluding hydrogens is 362 g/mol. The summed E-state index contributed by atoms with van der Waals surface area (Å²) >= 11 is 3.05. The van der Waals surface area contributed by atoms with E-state index in [1.165, 1.54) is 11.8 Å². The van der Waals surface area contributed by atoms with Gasteiger partial charge >= 0.3 is 0 Å². The molecule has 1 heterocycles. The summed E-state index contributed by atoms with van der Waals surface area (Å²) in [7, 11) is 0. The lowest BCUT2D eigenvalue weighted by Gasteiger charge is -2.09. The van der Waals surface area contributed by atoms with Gasteiger partial charge in [-0.05, 0) is 30.0 Å². The molecular formula is C20H21N3OS2. The van der Waals surface area contributed by atoms with Crippen LogP contribution in [0.25, 0.3) is 10.2 Å². The van der Waals surface area contributed by atoms with Gasteiger partial charge in [0, 0.05) is 0 Å². The van der Waals surface area contributed by atoms with Crippen LogP contribution in [0.3, 0.4) is 0 Å². The average molecular weight is 384 g/mol. The molecule has 0 unspecified atom stereocenters. The smallest absolute Gasteiger partial charge is 0.250 e. The Labute approximate surface area is 161 Å². The summed E-state index contributed by atoms with van der Waals surface area (Å²) in [5.74, 6) is 0.641. The summed E-state index contributed by atoms with van der Waals surface area (Å²) in [5.41, 5.74) is 5.61. The van der Waals surface area contributed by atoms with Crippen LogP contribution in [0, 0.1) is 5.92 Å². The zero-order chi connectivity index (χ0) is 18.4. The van der Waals surface area contributed by atoms with E-state index in [4.69, 9.17) is 0 Å². The number of hydrogen-bond donors (Lipinski definition) is 1. The van der Waals surface area contributed by atoms with Crippen LogP contribution in [-0.2, 0) is 4.79 Å². The minimum atomic E-state index is -0.119. The summed E-state index contributed by atoms with van der Waals surface area (Å²) in [4.78, 5) is 16.7. The summed E-state index contributed by atoms with van der Waals surface area (Å²) in [6, 6.07) is 18.0. The number of carbonyl (C=O) groups excluding carboxylic acids is 1. The molecule has 0 fully saturated rings. The van der Waals surface area contributed by atoms with Crippen molar-refractivity contribution in [3.05, 3.63) is 60.2 Å². The highest BCUT2D eigenvalue weighted by atomic mass is 32.2. The number of thioether (sulfide) groups is 1. The third-order valence-corrected chi connectivity index (χ3v) is 5.80. The summed E-state index contributed by atoms with van der Waals surface area (Å²) in [6.07, 6.45) is 0.815. The number of thiazole rings is 1. The Morgan fingerprint density at radius 3 is 2.62 bits per heavy atom. The lowest BCUT2D eigenvalue weighted by atomic mass is 10.0. The predicted molar refractivity (Wildman–Crippen MR) is 111 cm³/mol. The van der Waals surface area contributed by atoms with Crippen LogP contribution in [0.2, 0.25) is 0 Å². The van der Waals surface area contributed by atoms with Gasteiger partial charge in [0.15, 0.2) is 4.34 Å². The number of benzene rings is 2. The first-order valence-electron chi connectivity index (χ1n) is 8.51. The second-order valence-corrected chi connectivity index (χ2v) is 8.55. The van der Waals surface area contributed by atoms with E-state index in [9.17, 15) is 4.79 Å². The van der Waals surface area contributed by atoms with Gasteiger partial charge in [0.1, 0.15) is 0 Å². The molecule has 0 aliphatic heterocycles. The molecule has 26 heavy (non-hydrogen) atoms. The molecule has 0 radical (unpaired) electrons. The van der Waals surface area contributed by atoms with E-state index in [0.717, 1.165) is 32.3 Å². The van der Waals surface area contributed by atoms with Crippen molar-refractivity contribution >= 4 is 44.9 Å². The van der Waals surface area contributed by atoms with Gasteiger partial charge in [-0.2, -0.15) is 5.10 Å². The fourth-order valence-electron chi connectivity index (χ4n) is 2.45. The molecule has 4 nitrogen and oxygen atoms in total. The molecule has 0 atom stereocenters. The first kappa shape index (κ1) is 18.6. The van der Waals surface area contributed by atoms with Crippen molar-refractivity contribution in [3.8, 4) is 0 Å². The number of aromatic nitrogens is 1. The van der Waals surface area contributed by atoms with Gasteiger partial charge < -0.3 is 0 Å². The maximum absolute atomic E-state index is 12.2. The van der Waals surface area contributed by atoms with E-state index in [-0.39, 0.29) is 5.91 Å². The largest absolute Gasteiger partial charge is 0.272 e. The number of carbonyl (C=O) groups is 1. The molecule has 0 aliphatic rings. The highest BCUT2D eigenvalue weighted by molar-refractivity contribution is 8.01. The number of para-hydroxylation sites is 1. The molecule has 0 saturated heterocycles. The Bertz CT molecular complexity index is 871. The van der Waals surface area contributed by atoms with Gasteiger partial charge in [0.05, 0.1) is 21.7 Å². The first-order chi connectivity index (χ1) is 12.6. The van der Waals surface area contributed by atoms with Gasteiger partial charge in [-0.25, -0.2) is 10.4 Å². The van der Waals surface area contributed by atoms with Crippen LogP contribution in [0.4, 0.5) is 0 Å². The van der Waals surface area contributed by atoms with Crippen molar-refractivity contribution in [2.24, 2.45) is 11.0 Å². The topological polar surface area (TPSA) is 54.4 Å². The van der Waals surface area contributed by atoms with Gasteiger partial charge in [0.2, 0.25) is 0 Å². The third-order valence-electron chi connectivity index (χ3n) is 3.63. The van der Waals surface area contributed by atoms with E-state index in [1.54, 1.807) is 11.3 Å². The number of fused-ring (bicyclic) bond motifs is 1. The van der Waals surface area contributed by atoms with Crippen molar-refractivity contribution in [1.82, 2.24) is 10.4 Å². The zero-order valence-electron chi connectivity index (χ0n) is 14.8. The van der Waals surface area contributed by atoms with Crippen LogP contribution in [0.15, 0.2) is 64.0 Å². The van der Waals surface area contributed by atoms with Gasteiger partial charge in [-0.15, -0.1) is 11.3 Å². The standard InChI is InChI=1S/C20H21N3OS2/c1-14(2)12-17(15-8-4-3-5-9-15)22-23-19(24)13-25-20-21-16-10-6-7-11-18(16)26-20/h3-11,14H,12-13H2,1-2H3,(H,23,24)/b22-17-. The number of nitrogens with one attached hydrogen (secondary N) is 1. The van der Waals surface area contributed by atoms with Crippen molar-refractivity contribution in [2.45, 2.75) is 24.6 Å². The van der Waals surface area contributed by atoms with Gasteiger partial charge in [0.25, 0.3) is 5.91 Å². The maximum atomic E-state index is 12.2. The average Bonchev–Trinajstić information content (AvgIpc) is 3.07. The van der Waals surface area contributed by atoms with Crippen LogP contribution < -0.4 is 5.43 Å². The quantitative estimate of drug-likeness (QED) is 0.357. The number of nitrogens with zero attached hydrogens (tertiary/aromatic N) is 2. The van der Waals surface area contributed by atoms with Crippen molar-refractivity contribution in [2.75, 3.05) is 5.75 Å². The van der Waals surface area contributed by atoms with Crippen molar-refractivity contribution < 1.29 is 4.79 Å². The lowest BCUT2D eigenvalue weighted by molar-refractivity contribution is -0.118. The summed E-state index contributed by atoms with van der Waals surface area (Å²) in [5, 5.41) is 4.38. The number of amides is 1. The normalized spacial score (nSPS) is 11.9. The minimum Gasteiger partial charge on any atom is -0.272 e. The second kappa shape index (κ2) is 8.96. The van der Waals surface area contributed by atoms with Crippen LogP contribution in [-0.4, -0.2) is 22.4 Å². The molecule has 2 aromatic carbocycles. The molecule has 134 valence electrons. The molecule has 6 heteroatoms. The SMILES string of the molecule is CC(C)C/C(=N/NC(=O)CSc1nc2ccccc2s1)c1ccccc1. The fourth-order valence-corrected chi connectivity index (χ4v) is 4.31. The molecule has 0 bridgehead atoms. The lowest BCUT2D eigenvalue weighted by Crippen LogP contribution is -2.22. The highest BCUT2D eigenvalue weighted by Crippen LogP contribution is 2.29. The Kier molecular flexibility index (Phi) is 6.41. The van der Waals surface area contributed by atoms with E-state index >= 15 is 0 Å². The number of rotatable bonds is 7. The maximum Gasteiger partial charge on any atom is 0.250 e. The summed E-state index contributed by atoms with van der Waals surface area (Å²) < 4.78 is 2.03. The monoisotopic (exact) mass is 383 g/mol. The zero-order valence-corrected chi connectivity index (χ0v) is 16.4. The van der Waals surface area contributed by atoms with E-state index < -0.39 is 0 Å². The molecule has 0 aliphatic carbocycles. The minimum absolute atomic E-state index is 0.119.